The molecule has 0 spiro atoms. The molecule has 1 N–H and O–H groups in total. The summed E-state index contributed by atoms with van der Waals surface area (Å²) in [6.45, 7) is 1.23. The second-order valence-electron chi connectivity index (χ2n) is 5.83. The fourth-order valence-electron chi connectivity index (χ4n) is 2.58. The molecular formula is C19H11Br3N2O5. The van der Waals surface area contributed by atoms with Crippen molar-refractivity contribution in [3.05, 3.63) is 61.0 Å². The van der Waals surface area contributed by atoms with Gasteiger partial charge >= 0.3 is 12.0 Å². The molecule has 148 valence electrons. The predicted octanol–water partition coefficient (Wildman–Crippen LogP) is 4.57. The third-order valence-corrected chi connectivity index (χ3v) is 5.34. The van der Waals surface area contributed by atoms with E-state index in [1.807, 2.05) is 0 Å². The second-order valence-corrected chi connectivity index (χ2v) is 8.52. The van der Waals surface area contributed by atoms with Crippen LogP contribution in [0.2, 0.25) is 0 Å². The van der Waals surface area contributed by atoms with Crippen molar-refractivity contribution >= 4 is 83.4 Å². The molecular weight excluding hydrogens is 576 g/mol. The zero-order valence-corrected chi connectivity index (χ0v) is 19.4. The summed E-state index contributed by atoms with van der Waals surface area (Å²) in [6.07, 6.45) is 1.27. The Hall–Kier alpha value is -2.30. The number of urea groups is 1. The van der Waals surface area contributed by atoms with E-state index in [4.69, 9.17) is 4.74 Å². The molecule has 7 nitrogen and oxygen atoms in total. The fourth-order valence-corrected chi connectivity index (χ4v) is 4.18. The van der Waals surface area contributed by atoms with Crippen LogP contribution in [0.1, 0.15) is 12.5 Å². The second kappa shape index (κ2) is 8.60. The third-order valence-electron chi connectivity index (χ3n) is 3.77. The maximum Gasteiger partial charge on any atom is 0.335 e. The molecule has 2 aromatic carbocycles. The molecule has 0 radical (unpaired) electrons. The van der Waals surface area contributed by atoms with Crippen molar-refractivity contribution in [2.45, 2.75) is 6.92 Å². The van der Waals surface area contributed by atoms with Crippen molar-refractivity contribution in [3.8, 4) is 5.75 Å². The number of esters is 1. The number of carbonyl (C=O) groups is 4. The lowest BCUT2D eigenvalue weighted by Gasteiger charge is -2.26. The van der Waals surface area contributed by atoms with E-state index in [0.29, 0.717) is 20.2 Å². The minimum atomic E-state index is -0.852. The number of benzene rings is 2. The van der Waals surface area contributed by atoms with Crippen LogP contribution in [0.5, 0.6) is 5.75 Å². The van der Waals surface area contributed by atoms with E-state index in [0.717, 1.165) is 9.37 Å². The summed E-state index contributed by atoms with van der Waals surface area (Å²) in [6, 6.07) is 8.84. The van der Waals surface area contributed by atoms with E-state index in [2.05, 4.69) is 53.1 Å². The molecule has 0 bridgehead atoms. The smallest absolute Gasteiger partial charge is 0.335 e. The zero-order chi connectivity index (χ0) is 21.3. The van der Waals surface area contributed by atoms with Gasteiger partial charge in [0.15, 0.2) is 5.75 Å². The Morgan fingerprint density at radius 1 is 1.03 bits per heavy atom. The van der Waals surface area contributed by atoms with Crippen LogP contribution < -0.4 is 15.0 Å². The van der Waals surface area contributed by atoms with Crippen LogP contribution in [0.15, 0.2) is 55.4 Å². The number of nitrogens with zero attached hydrogens (tertiary/aromatic N) is 1. The van der Waals surface area contributed by atoms with Crippen LogP contribution in [0.25, 0.3) is 6.08 Å². The van der Waals surface area contributed by atoms with Gasteiger partial charge in [-0.15, -0.1) is 0 Å². The Kier molecular flexibility index (Phi) is 6.35. The number of rotatable bonds is 3. The lowest BCUT2D eigenvalue weighted by molar-refractivity contribution is -0.132. The average molecular weight is 587 g/mol. The molecule has 0 saturated carbocycles. The van der Waals surface area contributed by atoms with E-state index in [1.54, 1.807) is 36.4 Å². The van der Waals surface area contributed by atoms with Gasteiger partial charge in [-0.25, -0.2) is 9.69 Å². The molecule has 0 aromatic heterocycles. The number of hydrogen-bond donors (Lipinski definition) is 1. The van der Waals surface area contributed by atoms with Crippen molar-refractivity contribution in [1.82, 2.24) is 5.32 Å². The van der Waals surface area contributed by atoms with E-state index in [9.17, 15) is 19.2 Å². The van der Waals surface area contributed by atoms with Gasteiger partial charge in [-0.3, -0.25) is 19.7 Å². The van der Waals surface area contributed by atoms with Crippen molar-refractivity contribution < 1.29 is 23.9 Å². The Bertz CT molecular complexity index is 1080. The number of anilines is 1. The quantitative estimate of drug-likeness (QED) is 0.246. The summed E-state index contributed by atoms with van der Waals surface area (Å²) in [5, 5.41) is 2.15. The molecule has 1 aliphatic heterocycles. The Balaban J connectivity index is 2.10. The first-order chi connectivity index (χ1) is 13.7. The molecule has 1 saturated heterocycles. The van der Waals surface area contributed by atoms with Gasteiger partial charge in [-0.05, 0) is 58.4 Å². The van der Waals surface area contributed by atoms with Gasteiger partial charge < -0.3 is 4.74 Å². The number of hydrogen-bond acceptors (Lipinski definition) is 5. The van der Waals surface area contributed by atoms with Crippen LogP contribution >= 0.6 is 47.8 Å². The van der Waals surface area contributed by atoms with Crippen molar-refractivity contribution in [2.24, 2.45) is 0 Å². The SMILES string of the molecule is CC(=O)Oc1c(Br)cc(Br)cc1/C=C1/C(=O)NC(=O)N(c2ccc(Br)cc2)C1=O. The molecule has 1 heterocycles. The number of carbonyl (C=O) groups excluding carboxylic acids is 4. The molecule has 3 rings (SSSR count). The summed E-state index contributed by atoms with van der Waals surface area (Å²) in [7, 11) is 0. The van der Waals surface area contributed by atoms with E-state index < -0.39 is 23.8 Å². The first kappa shape index (κ1) is 21.4. The van der Waals surface area contributed by atoms with Crippen LogP contribution in [0.4, 0.5) is 10.5 Å². The number of nitrogens with one attached hydrogen (secondary N) is 1. The largest absolute Gasteiger partial charge is 0.425 e. The van der Waals surface area contributed by atoms with Gasteiger partial charge in [0.1, 0.15) is 5.57 Å². The topological polar surface area (TPSA) is 92.8 Å². The zero-order valence-electron chi connectivity index (χ0n) is 14.7. The molecule has 2 aromatic rings. The highest BCUT2D eigenvalue weighted by Crippen LogP contribution is 2.35. The number of barbiturate groups is 1. The third kappa shape index (κ3) is 4.65. The molecule has 10 heteroatoms. The van der Waals surface area contributed by atoms with E-state index >= 15 is 0 Å². The number of halogens is 3. The summed E-state index contributed by atoms with van der Waals surface area (Å²) in [5.74, 6) is -2.08. The monoisotopic (exact) mass is 584 g/mol. The van der Waals surface area contributed by atoms with Crippen LogP contribution in [-0.2, 0) is 14.4 Å². The van der Waals surface area contributed by atoms with E-state index in [-0.39, 0.29) is 11.3 Å². The van der Waals surface area contributed by atoms with Gasteiger partial charge in [0.2, 0.25) is 0 Å². The number of imide groups is 2. The van der Waals surface area contributed by atoms with Gasteiger partial charge in [0, 0.05) is 21.4 Å². The number of amides is 4. The molecule has 0 atom stereocenters. The first-order valence-electron chi connectivity index (χ1n) is 8.02. The Morgan fingerprint density at radius 3 is 2.31 bits per heavy atom. The molecule has 1 fully saturated rings. The van der Waals surface area contributed by atoms with Gasteiger partial charge in [0.25, 0.3) is 11.8 Å². The minimum Gasteiger partial charge on any atom is -0.425 e. The molecule has 0 unspecified atom stereocenters. The molecule has 4 amide bonds. The van der Waals surface area contributed by atoms with Crippen LogP contribution in [0.3, 0.4) is 0 Å². The fraction of sp³-hybridized carbons (Fsp3) is 0.0526. The van der Waals surface area contributed by atoms with Crippen LogP contribution in [0, 0.1) is 0 Å². The highest BCUT2D eigenvalue weighted by atomic mass is 79.9. The average Bonchev–Trinajstić information content (AvgIpc) is 2.62. The minimum absolute atomic E-state index is 0.140. The summed E-state index contributed by atoms with van der Waals surface area (Å²) < 4.78 is 7.04. The maximum atomic E-state index is 13.0. The highest BCUT2D eigenvalue weighted by molar-refractivity contribution is 9.11. The summed E-state index contributed by atoms with van der Waals surface area (Å²) in [5.41, 5.74) is 0.306. The summed E-state index contributed by atoms with van der Waals surface area (Å²) >= 11 is 9.90. The lowest BCUT2D eigenvalue weighted by Crippen LogP contribution is -2.54. The van der Waals surface area contributed by atoms with Crippen LogP contribution in [-0.4, -0.2) is 23.8 Å². The predicted molar refractivity (Wildman–Crippen MR) is 116 cm³/mol. The van der Waals surface area contributed by atoms with Gasteiger partial charge in [0.05, 0.1) is 10.2 Å². The van der Waals surface area contributed by atoms with Gasteiger partial charge in [-0.2, -0.15) is 0 Å². The van der Waals surface area contributed by atoms with E-state index in [1.165, 1.54) is 13.0 Å². The lowest BCUT2D eigenvalue weighted by atomic mass is 10.1. The molecule has 0 aliphatic carbocycles. The first-order valence-corrected chi connectivity index (χ1v) is 10.4. The maximum absolute atomic E-state index is 13.0. The van der Waals surface area contributed by atoms with Crippen molar-refractivity contribution in [3.63, 3.8) is 0 Å². The van der Waals surface area contributed by atoms with Gasteiger partial charge in [-0.1, -0.05) is 31.9 Å². The van der Waals surface area contributed by atoms with Crippen molar-refractivity contribution in [2.75, 3.05) is 4.90 Å². The highest BCUT2D eigenvalue weighted by Gasteiger charge is 2.37. The molecule has 1 aliphatic rings. The number of ether oxygens (including phenoxy) is 1. The van der Waals surface area contributed by atoms with Crippen molar-refractivity contribution in [1.29, 1.82) is 0 Å². The standard InChI is InChI=1S/C19H11Br3N2O5/c1-9(25)29-16-10(6-12(21)8-15(16)22)7-14-17(26)23-19(28)24(18(14)27)13-4-2-11(20)3-5-13/h2-8H,1H3,(H,23,26,28)/b14-7-. The Morgan fingerprint density at radius 2 is 1.69 bits per heavy atom. The summed E-state index contributed by atoms with van der Waals surface area (Å²) in [4.78, 5) is 49.9. The molecule has 29 heavy (non-hydrogen) atoms. The Labute approximate surface area is 190 Å². The normalized spacial score (nSPS) is 15.5.